The molecule has 0 spiro atoms. The summed E-state index contributed by atoms with van der Waals surface area (Å²) in [5.41, 5.74) is 1.36. The van der Waals surface area contributed by atoms with Crippen LogP contribution in [0.1, 0.15) is 24.2 Å². The van der Waals surface area contributed by atoms with Crippen LogP contribution in [0.4, 0.5) is 4.39 Å². The van der Waals surface area contributed by atoms with Gasteiger partial charge >= 0.3 is 0 Å². The Morgan fingerprint density at radius 2 is 2.24 bits per heavy atom. The fourth-order valence-corrected chi connectivity index (χ4v) is 3.39. The van der Waals surface area contributed by atoms with E-state index in [2.05, 4.69) is 25.5 Å². The minimum atomic E-state index is -0.325. The van der Waals surface area contributed by atoms with E-state index in [0.717, 1.165) is 31.5 Å². The Hall–Kier alpha value is -2.61. The molecule has 0 bridgehead atoms. The molecule has 2 aromatic heterocycles. The third kappa shape index (κ3) is 3.30. The van der Waals surface area contributed by atoms with Crippen molar-refractivity contribution in [1.29, 1.82) is 0 Å². The molecule has 7 nitrogen and oxygen atoms in total. The zero-order valence-electron chi connectivity index (χ0n) is 14.1. The Balaban J connectivity index is 1.55. The molecule has 1 aliphatic heterocycles. The molecule has 130 valence electrons. The summed E-state index contributed by atoms with van der Waals surface area (Å²) in [7, 11) is 0. The molecule has 0 unspecified atom stereocenters. The lowest BCUT2D eigenvalue weighted by atomic mass is 10.2. The van der Waals surface area contributed by atoms with Crippen molar-refractivity contribution in [3.05, 3.63) is 53.9 Å². The van der Waals surface area contributed by atoms with E-state index in [-0.39, 0.29) is 5.82 Å². The molecule has 0 N–H and O–H groups in total. The van der Waals surface area contributed by atoms with Gasteiger partial charge in [0.2, 0.25) is 0 Å². The summed E-state index contributed by atoms with van der Waals surface area (Å²) >= 11 is 0. The first-order chi connectivity index (χ1) is 12.2. The van der Waals surface area contributed by atoms with Crippen molar-refractivity contribution in [3.63, 3.8) is 0 Å². The van der Waals surface area contributed by atoms with Gasteiger partial charge < -0.3 is 0 Å². The summed E-state index contributed by atoms with van der Waals surface area (Å²) in [6.45, 7) is 4.34. The van der Waals surface area contributed by atoms with Crippen molar-refractivity contribution in [3.8, 4) is 5.69 Å². The van der Waals surface area contributed by atoms with E-state index in [1.807, 2.05) is 23.9 Å². The summed E-state index contributed by atoms with van der Waals surface area (Å²) in [5.74, 6) is 0.325. The van der Waals surface area contributed by atoms with Gasteiger partial charge in [0.05, 0.1) is 13.1 Å². The van der Waals surface area contributed by atoms with E-state index in [4.69, 9.17) is 0 Å². The van der Waals surface area contributed by atoms with Crippen LogP contribution < -0.4 is 0 Å². The lowest BCUT2D eigenvalue weighted by Gasteiger charge is -2.23. The van der Waals surface area contributed by atoms with Crippen molar-refractivity contribution in [2.75, 3.05) is 6.54 Å². The van der Waals surface area contributed by atoms with Gasteiger partial charge in [-0.25, -0.2) is 4.39 Å². The number of benzene rings is 1. The lowest BCUT2D eigenvalue weighted by molar-refractivity contribution is 0.212. The highest BCUT2D eigenvalue weighted by Crippen LogP contribution is 2.22. The third-order valence-corrected chi connectivity index (χ3v) is 4.66. The molecular formula is C17H20FN7. The number of halogens is 1. The molecule has 25 heavy (non-hydrogen) atoms. The summed E-state index contributed by atoms with van der Waals surface area (Å²) in [4.78, 5) is 2.34. The normalized spacial score (nSPS) is 18.1. The molecule has 0 amide bonds. The molecule has 3 heterocycles. The van der Waals surface area contributed by atoms with Crippen molar-refractivity contribution in [2.45, 2.75) is 38.9 Å². The molecule has 1 fully saturated rings. The monoisotopic (exact) mass is 341 g/mol. The maximum atomic E-state index is 14.2. The fourth-order valence-electron chi connectivity index (χ4n) is 3.39. The van der Waals surface area contributed by atoms with E-state index in [1.165, 1.54) is 10.7 Å². The molecule has 0 radical (unpaired) electrons. The molecule has 0 saturated carbocycles. The second kappa shape index (κ2) is 6.72. The number of hydrogen-bond acceptors (Lipinski definition) is 5. The number of rotatable bonds is 5. The van der Waals surface area contributed by atoms with Gasteiger partial charge in [-0.3, -0.25) is 9.58 Å². The first-order valence-electron chi connectivity index (χ1n) is 8.46. The summed E-state index contributed by atoms with van der Waals surface area (Å²) in [6, 6.07) is 7.27. The van der Waals surface area contributed by atoms with Crippen LogP contribution in [0.25, 0.3) is 5.69 Å². The topological polar surface area (TPSA) is 64.7 Å². The van der Waals surface area contributed by atoms with Crippen molar-refractivity contribution < 1.29 is 4.39 Å². The van der Waals surface area contributed by atoms with Crippen LogP contribution >= 0.6 is 0 Å². The van der Waals surface area contributed by atoms with Crippen LogP contribution in [0.5, 0.6) is 0 Å². The molecule has 1 atom stereocenters. The van der Waals surface area contributed by atoms with Gasteiger partial charge in [0.25, 0.3) is 0 Å². The lowest BCUT2D eigenvalue weighted by Crippen LogP contribution is -2.33. The van der Waals surface area contributed by atoms with Crippen LogP contribution in [-0.2, 0) is 13.1 Å². The summed E-state index contributed by atoms with van der Waals surface area (Å²) in [6.07, 6.45) is 6.01. The second-order valence-electron chi connectivity index (χ2n) is 6.46. The highest BCUT2D eigenvalue weighted by molar-refractivity contribution is 5.36. The Morgan fingerprint density at radius 3 is 3.08 bits per heavy atom. The molecular weight excluding hydrogens is 321 g/mol. The predicted molar refractivity (Wildman–Crippen MR) is 89.5 cm³/mol. The first-order valence-corrected chi connectivity index (χ1v) is 8.46. The van der Waals surface area contributed by atoms with E-state index in [1.54, 1.807) is 18.3 Å². The number of aromatic nitrogens is 6. The highest BCUT2D eigenvalue weighted by atomic mass is 19.1. The van der Waals surface area contributed by atoms with E-state index in [9.17, 15) is 4.39 Å². The SMILES string of the molecule is Cc1ccc(F)c(-n2nnnc2CN2CCC[C@H]2Cn2cccn2)c1. The van der Waals surface area contributed by atoms with Crippen LogP contribution in [0.3, 0.4) is 0 Å². The standard InChI is InChI=1S/C17H20FN7/c1-13-5-6-15(18)16(10-13)25-17(20-21-22-25)12-23-8-2-4-14(23)11-24-9-3-7-19-24/h3,5-7,9-10,14H,2,4,8,11-12H2,1H3/t14-/m0/s1. The van der Waals surface area contributed by atoms with E-state index < -0.39 is 0 Å². The van der Waals surface area contributed by atoms with Gasteiger partial charge in [-0.05, 0) is 60.5 Å². The molecule has 3 aromatic rings. The van der Waals surface area contributed by atoms with Gasteiger partial charge in [0.1, 0.15) is 11.5 Å². The van der Waals surface area contributed by atoms with Gasteiger partial charge in [-0.1, -0.05) is 6.07 Å². The van der Waals surface area contributed by atoms with Gasteiger partial charge in [0, 0.05) is 18.4 Å². The maximum absolute atomic E-state index is 14.2. The number of nitrogens with zero attached hydrogens (tertiary/aromatic N) is 7. The average Bonchev–Trinajstić information content (AvgIpc) is 3.34. The zero-order valence-corrected chi connectivity index (χ0v) is 14.1. The Bertz CT molecular complexity index is 843. The number of tetrazole rings is 1. The summed E-state index contributed by atoms with van der Waals surface area (Å²) in [5, 5.41) is 16.2. The second-order valence-corrected chi connectivity index (χ2v) is 6.46. The van der Waals surface area contributed by atoms with Crippen molar-refractivity contribution in [2.24, 2.45) is 0 Å². The van der Waals surface area contributed by atoms with E-state index >= 15 is 0 Å². The summed E-state index contributed by atoms with van der Waals surface area (Å²) < 4.78 is 17.7. The minimum Gasteiger partial charge on any atom is -0.291 e. The average molecular weight is 341 g/mol. The minimum absolute atomic E-state index is 0.325. The zero-order chi connectivity index (χ0) is 17.2. The van der Waals surface area contributed by atoms with Gasteiger partial charge in [-0.2, -0.15) is 9.78 Å². The number of hydrogen-bond donors (Lipinski definition) is 0. The number of likely N-dealkylation sites (tertiary alicyclic amines) is 1. The first kappa shape index (κ1) is 15.9. The van der Waals surface area contributed by atoms with Crippen LogP contribution in [0, 0.1) is 12.7 Å². The smallest absolute Gasteiger partial charge is 0.170 e. The molecule has 0 aliphatic carbocycles. The van der Waals surface area contributed by atoms with E-state index in [0.29, 0.717) is 24.1 Å². The molecule has 8 heteroatoms. The largest absolute Gasteiger partial charge is 0.291 e. The Kier molecular flexibility index (Phi) is 4.27. The molecule has 4 rings (SSSR count). The molecule has 1 aromatic carbocycles. The predicted octanol–water partition coefficient (Wildman–Crippen LogP) is 1.97. The van der Waals surface area contributed by atoms with Crippen LogP contribution in [0.2, 0.25) is 0 Å². The Morgan fingerprint density at radius 1 is 1.32 bits per heavy atom. The van der Waals surface area contributed by atoms with Crippen molar-refractivity contribution >= 4 is 0 Å². The Labute approximate surface area is 145 Å². The van der Waals surface area contributed by atoms with Crippen LogP contribution in [-0.4, -0.2) is 47.5 Å². The molecule has 1 saturated heterocycles. The maximum Gasteiger partial charge on any atom is 0.170 e. The van der Waals surface area contributed by atoms with Gasteiger partial charge in [0.15, 0.2) is 5.82 Å². The quantitative estimate of drug-likeness (QED) is 0.710. The van der Waals surface area contributed by atoms with Crippen molar-refractivity contribution in [1.82, 2.24) is 34.9 Å². The van der Waals surface area contributed by atoms with Crippen LogP contribution in [0.15, 0.2) is 36.7 Å². The third-order valence-electron chi connectivity index (χ3n) is 4.66. The fraction of sp³-hybridized carbons (Fsp3) is 0.412. The number of aryl methyl sites for hydroxylation is 1. The highest BCUT2D eigenvalue weighted by Gasteiger charge is 2.27. The molecule has 1 aliphatic rings. The van der Waals surface area contributed by atoms with Gasteiger partial charge in [-0.15, -0.1) is 5.10 Å².